The molecule has 5 aliphatic rings. The van der Waals surface area contributed by atoms with Crippen LogP contribution in [-0.4, -0.2) is 16.8 Å². The van der Waals surface area contributed by atoms with E-state index in [1.54, 1.807) is 0 Å². The maximum absolute atomic E-state index is 12.7. The number of allylic oxidation sites excluding steroid dienone is 2. The molecule has 1 N–H and O–H groups in total. The molecule has 21 heavy (non-hydrogen) atoms. The molecule has 2 saturated carbocycles. The fourth-order valence-electron chi connectivity index (χ4n) is 4.71. The summed E-state index contributed by atoms with van der Waals surface area (Å²) in [5, 5.41) is 1.27. The van der Waals surface area contributed by atoms with Crippen LogP contribution in [0.4, 0.5) is 5.69 Å². The predicted octanol–water partition coefficient (Wildman–Crippen LogP) is 2.07. The van der Waals surface area contributed by atoms with Crippen molar-refractivity contribution in [1.82, 2.24) is 5.01 Å². The zero-order valence-corrected chi connectivity index (χ0v) is 11.5. The lowest BCUT2D eigenvalue weighted by Gasteiger charge is -2.37. The quantitative estimate of drug-likeness (QED) is 0.666. The van der Waals surface area contributed by atoms with Gasteiger partial charge in [0.2, 0.25) is 0 Å². The van der Waals surface area contributed by atoms with Crippen LogP contribution in [0.5, 0.6) is 0 Å². The van der Waals surface area contributed by atoms with Gasteiger partial charge in [-0.1, -0.05) is 30.4 Å². The Bertz CT molecular complexity index is 633. The van der Waals surface area contributed by atoms with Gasteiger partial charge in [0.25, 0.3) is 11.8 Å². The Balaban J connectivity index is 1.49. The topological polar surface area (TPSA) is 49.4 Å². The van der Waals surface area contributed by atoms with Gasteiger partial charge < -0.3 is 0 Å². The zero-order chi connectivity index (χ0) is 14.1. The molecule has 0 aromatic heterocycles. The van der Waals surface area contributed by atoms with Gasteiger partial charge in [0.15, 0.2) is 0 Å². The third-order valence-electron chi connectivity index (χ3n) is 5.68. The highest BCUT2D eigenvalue weighted by Gasteiger charge is 2.67. The van der Waals surface area contributed by atoms with Crippen molar-refractivity contribution in [3.63, 3.8) is 0 Å². The fraction of sp³-hybridized carbons (Fsp3) is 0.412. The number of amides is 2. The van der Waals surface area contributed by atoms with Crippen LogP contribution in [0.1, 0.15) is 6.42 Å². The summed E-state index contributed by atoms with van der Waals surface area (Å²) in [6, 6.07) is 9.43. The monoisotopic (exact) mass is 280 g/mol. The van der Waals surface area contributed by atoms with E-state index in [2.05, 4.69) is 17.6 Å². The molecule has 0 spiro atoms. The summed E-state index contributed by atoms with van der Waals surface area (Å²) in [5.74, 6) is 1.51. The van der Waals surface area contributed by atoms with Crippen molar-refractivity contribution in [3.8, 4) is 0 Å². The van der Waals surface area contributed by atoms with Crippen LogP contribution in [0.3, 0.4) is 0 Å². The minimum absolute atomic E-state index is 0.0430. The average Bonchev–Trinajstić information content (AvgIpc) is 3.30. The second kappa shape index (κ2) is 3.75. The summed E-state index contributed by atoms with van der Waals surface area (Å²) < 4.78 is 0. The zero-order valence-electron chi connectivity index (χ0n) is 11.5. The molecule has 1 aliphatic heterocycles. The van der Waals surface area contributed by atoms with Gasteiger partial charge in [-0.05, 0) is 42.2 Å². The van der Waals surface area contributed by atoms with Gasteiger partial charge in [0.05, 0.1) is 17.5 Å². The van der Waals surface area contributed by atoms with E-state index in [0.717, 1.165) is 5.69 Å². The maximum atomic E-state index is 12.7. The van der Waals surface area contributed by atoms with Gasteiger partial charge >= 0.3 is 0 Å². The number of carbonyl (C=O) groups excluding carboxylic acids is 2. The van der Waals surface area contributed by atoms with Crippen molar-refractivity contribution in [3.05, 3.63) is 42.5 Å². The molecule has 1 aromatic carbocycles. The van der Waals surface area contributed by atoms with Crippen LogP contribution < -0.4 is 5.43 Å². The SMILES string of the molecule is O=C1C2C3C=CC(C4CC34)C2C(=O)N1Nc1ccccc1. The molecule has 2 amide bonds. The third kappa shape index (κ3) is 1.40. The molecule has 106 valence electrons. The predicted molar refractivity (Wildman–Crippen MR) is 76.6 cm³/mol. The molecule has 4 aliphatic carbocycles. The van der Waals surface area contributed by atoms with Crippen molar-refractivity contribution in [2.75, 3.05) is 5.43 Å². The number of imide groups is 1. The Labute approximate surface area is 122 Å². The molecule has 0 radical (unpaired) electrons. The molecular weight excluding hydrogens is 264 g/mol. The summed E-state index contributed by atoms with van der Waals surface area (Å²) in [7, 11) is 0. The van der Waals surface area contributed by atoms with Gasteiger partial charge in [-0.25, -0.2) is 0 Å². The van der Waals surface area contributed by atoms with Crippen molar-refractivity contribution < 1.29 is 9.59 Å². The number of benzene rings is 1. The van der Waals surface area contributed by atoms with E-state index in [1.165, 1.54) is 11.4 Å². The highest BCUT2D eigenvalue weighted by atomic mass is 16.2. The van der Waals surface area contributed by atoms with E-state index in [-0.39, 0.29) is 35.5 Å². The van der Waals surface area contributed by atoms with E-state index in [9.17, 15) is 9.59 Å². The maximum Gasteiger partial charge on any atom is 0.252 e. The van der Waals surface area contributed by atoms with Gasteiger partial charge in [-0.15, -0.1) is 0 Å². The third-order valence-corrected chi connectivity index (χ3v) is 5.68. The smallest absolute Gasteiger partial charge is 0.252 e. The Morgan fingerprint density at radius 2 is 1.48 bits per heavy atom. The summed E-state index contributed by atoms with van der Waals surface area (Å²) in [6.45, 7) is 0. The number of hydrogen-bond donors (Lipinski definition) is 1. The first-order valence-corrected chi connectivity index (χ1v) is 7.63. The highest BCUT2D eigenvalue weighted by Crippen LogP contribution is 2.65. The minimum Gasteiger partial charge on any atom is -0.289 e. The Morgan fingerprint density at radius 3 is 2.05 bits per heavy atom. The van der Waals surface area contributed by atoms with E-state index in [4.69, 9.17) is 0 Å². The number of hydrazine groups is 1. The second-order valence-corrected chi connectivity index (χ2v) is 6.64. The molecule has 6 unspecified atom stereocenters. The van der Waals surface area contributed by atoms with E-state index >= 15 is 0 Å². The largest absolute Gasteiger partial charge is 0.289 e. The molecule has 6 atom stereocenters. The first kappa shape index (κ1) is 11.5. The van der Waals surface area contributed by atoms with Crippen molar-refractivity contribution in [2.24, 2.45) is 35.5 Å². The molecular formula is C17H16N2O2. The Morgan fingerprint density at radius 1 is 0.905 bits per heavy atom. The van der Waals surface area contributed by atoms with Crippen LogP contribution in [0.15, 0.2) is 42.5 Å². The molecule has 6 rings (SSSR count). The standard InChI is InChI=1S/C17H16N2O2/c20-16-14-10-6-7-11(13-8-12(10)13)15(14)17(21)19(16)18-9-4-2-1-3-5-9/h1-7,10-15,18H,8H2. The normalized spacial score (nSPS) is 42.0. The lowest BCUT2D eigenvalue weighted by atomic mass is 9.63. The summed E-state index contributed by atoms with van der Waals surface area (Å²) in [6.07, 6.45) is 5.58. The van der Waals surface area contributed by atoms with Gasteiger partial charge in [-0.2, -0.15) is 5.01 Å². The molecule has 1 heterocycles. The average molecular weight is 280 g/mol. The number of carbonyl (C=O) groups is 2. The number of rotatable bonds is 2. The second-order valence-electron chi connectivity index (χ2n) is 6.64. The number of nitrogens with zero attached hydrogens (tertiary/aromatic N) is 1. The first-order chi connectivity index (χ1) is 10.3. The molecule has 4 heteroatoms. The van der Waals surface area contributed by atoms with Gasteiger partial charge in [-0.3, -0.25) is 15.0 Å². The van der Waals surface area contributed by atoms with Crippen molar-refractivity contribution in [1.29, 1.82) is 0 Å². The van der Waals surface area contributed by atoms with Crippen molar-refractivity contribution >= 4 is 17.5 Å². The summed E-state index contributed by atoms with van der Waals surface area (Å²) in [5.41, 5.74) is 3.78. The van der Waals surface area contributed by atoms with E-state index in [0.29, 0.717) is 11.8 Å². The number of anilines is 1. The molecule has 4 nitrogen and oxygen atoms in total. The molecule has 3 fully saturated rings. The lowest BCUT2D eigenvalue weighted by molar-refractivity contribution is -0.138. The lowest BCUT2D eigenvalue weighted by Crippen LogP contribution is -2.40. The van der Waals surface area contributed by atoms with Crippen LogP contribution in [0.2, 0.25) is 0 Å². The van der Waals surface area contributed by atoms with Crippen molar-refractivity contribution in [2.45, 2.75) is 6.42 Å². The molecule has 2 bridgehead atoms. The fourth-order valence-corrected chi connectivity index (χ4v) is 4.71. The van der Waals surface area contributed by atoms with Crippen LogP contribution in [0, 0.1) is 35.5 Å². The van der Waals surface area contributed by atoms with Gasteiger partial charge in [0, 0.05) is 0 Å². The number of para-hydroxylation sites is 1. The van der Waals surface area contributed by atoms with E-state index < -0.39 is 0 Å². The molecule has 1 aromatic rings. The highest BCUT2D eigenvalue weighted by molar-refractivity contribution is 6.07. The summed E-state index contributed by atoms with van der Waals surface area (Å²) >= 11 is 0. The number of hydrogen-bond acceptors (Lipinski definition) is 3. The summed E-state index contributed by atoms with van der Waals surface area (Å²) in [4.78, 5) is 25.4. The first-order valence-electron chi connectivity index (χ1n) is 7.63. The Hall–Kier alpha value is -2.10. The minimum atomic E-state index is -0.132. The van der Waals surface area contributed by atoms with Crippen LogP contribution in [0.25, 0.3) is 0 Å². The molecule has 1 saturated heterocycles. The van der Waals surface area contributed by atoms with E-state index in [1.807, 2.05) is 30.3 Å². The van der Waals surface area contributed by atoms with Crippen LogP contribution >= 0.6 is 0 Å². The van der Waals surface area contributed by atoms with Crippen LogP contribution in [-0.2, 0) is 9.59 Å². The van der Waals surface area contributed by atoms with Gasteiger partial charge in [0.1, 0.15) is 0 Å². The number of nitrogens with one attached hydrogen (secondary N) is 1. The Kier molecular flexibility index (Phi) is 2.06.